The monoisotopic (exact) mass is 415 g/mol. The minimum atomic E-state index is -0.840. The quantitative estimate of drug-likeness (QED) is 0.371. The average molecular weight is 416 g/mol. The van der Waals surface area contributed by atoms with Crippen molar-refractivity contribution in [3.05, 3.63) is 77.6 Å². The molecule has 1 heterocycles. The number of nitrogens with one attached hydrogen (secondary N) is 1. The molecular formula is C22H25NO3S2. The molecule has 0 bridgehead atoms. The van der Waals surface area contributed by atoms with Gasteiger partial charge in [0.25, 0.3) is 0 Å². The SMILES string of the molecule is C/C(O)=C1/C(=S)S[C@](C)(C(=O)Nc2ccccc2)[C@@H]1c1ccccc1.CCO. The summed E-state index contributed by atoms with van der Waals surface area (Å²) in [4.78, 5) is 13.1. The second kappa shape index (κ2) is 9.87. The van der Waals surface area contributed by atoms with Crippen molar-refractivity contribution in [1.82, 2.24) is 0 Å². The lowest BCUT2D eigenvalue weighted by Gasteiger charge is -2.29. The van der Waals surface area contributed by atoms with E-state index in [0.717, 1.165) is 11.3 Å². The average Bonchev–Trinajstić information content (AvgIpc) is 2.96. The molecule has 1 saturated heterocycles. The zero-order valence-corrected chi connectivity index (χ0v) is 17.8. The molecule has 4 nitrogen and oxygen atoms in total. The Morgan fingerprint density at radius 3 is 2.14 bits per heavy atom. The van der Waals surface area contributed by atoms with Gasteiger partial charge in [-0.05, 0) is 38.5 Å². The van der Waals surface area contributed by atoms with E-state index in [9.17, 15) is 9.90 Å². The van der Waals surface area contributed by atoms with Crippen LogP contribution in [0.15, 0.2) is 72.0 Å². The molecule has 0 aromatic heterocycles. The van der Waals surface area contributed by atoms with E-state index >= 15 is 0 Å². The lowest BCUT2D eigenvalue weighted by atomic mass is 9.80. The molecule has 2 aromatic carbocycles. The maximum atomic E-state index is 13.1. The molecular weight excluding hydrogens is 390 g/mol. The number of carbonyl (C=O) groups is 1. The minimum absolute atomic E-state index is 0.129. The molecule has 28 heavy (non-hydrogen) atoms. The van der Waals surface area contributed by atoms with Crippen LogP contribution in [-0.2, 0) is 4.79 Å². The highest BCUT2D eigenvalue weighted by Crippen LogP contribution is 2.54. The van der Waals surface area contributed by atoms with Gasteiger partial charge in [0, 0.05) is 23.8 Å². The van der Waals surface area contributed by atoms with Crippen LogP contribution in [0.1, 0.15) is 32.3 Å². The number of anilines is 1. The number of aliphatic hydroxyl groups excluding tert-OH is 2. The van der Waals surface area contributed by atoms with E-state index in [2.05, 4.69) is 5.32 Å². The highest BCUT2D eigenvalue weighted by molar-refractivity contribution is 8.25. The molecule has 1 aliphatic rings. The fourth-order valence-electron chi connectivity index (χ4n) is 3.14. The first kappa shape index (κ1) is 22.1. The van der Waals surface area contributed by atoms with Crippen molar-refractivity contribution in [3.8, 4) is 0 Å². The standard InChI is InChI=1S/C20H19NO2S2.C2H6O/c1-13(22)16-17(14-9-5-3-6-10-14)20(2,25-18(16)24)19(23)21-15-11-7-4-8-12-15;1-2-3/h3-12,17,22H,1-2H3,(H,21,23);3H,2H2,1H3/b16-13-;/t17-,20+;/m1./s1. The van der Waals surface area contributed by atoms with Gasteiger partial charge in [0.15, 0.2) is 0 Å². The Balaban J connectivity index is 0.000000878. The molecule has 3 N–H and O–H groups in total. The number of thioether (sulfide) groups is 1. The zero-order valence-electron chi connectivity index (χ0n) is 16.2. The van der Waals surface area contributed by atoms with Crippen LogP contribution in [0.5, 0.6) is 0 Å². The van der Waals surface area contributed by atoms with Crippen LogP contribution in [0.2, 0.25) is 0 Å². The summed E-state index contributed by atoms with van der Waals surface area (Å²) in [6.07, 6.45) is 0. The molecule has 2 aromatic rings. The number of carbonyl (C=O) groups excluding carboxylic acids is 1. The topological polar surface area (TPSA) is 69.6 Å². The van der Waals surface area contributed by atoms with Gasteiger partial charge < -0.3 is 15.5 Å². The summed E-state index contributed by atoms with van der Waals surface area (Å²) in [5, 5.41) is 20.8. The van der Waals surface area contributed by atoms with Gasteiger partial charge in [-0.2, -0.15) is 0 Å². The van der Waals surface area contributed by atoms with Gasteiger partial charge in [0.2, 0.25) is 5.91 Å². The fourth-order valence-corrected chi connectivity index (χ4v) is 5.20. The molecule has 0 unspecified atom stereocenters. The number of amides is 1. The molecule has 0 aliphatic carbocycles. The first-order valence-corrected chi connectivity index (χ1v) is 10.2. The van der Waals surface area contributed by atoms with Gasteiger partial charge in [-0.3, -0.25) is 4.79 Å². The van der Waals surface area contributed by atoms with Crippen LogP contribution in [0.4, 0.5) is 5.69 Å². The van der Waals surface area contributed by atoms with Gasteiger partial charge in [-0.15, -0.1) is 0 Å². The predicted molar refractivity (Wildman–Crippen MR) is 121 cm³/mol. The van der Waals surface area contributed by atoms with Crippen LogP contribution >= 0.6 is 24.0 Å². The summed E-state index contributed by atoms with van der Waals surface area (Å²) in [6.45, 7) is 5.44. The Hall–Kier alpha value is -2.15. The highest BCUT2D eigenvalue weighted by Gasteiger charge is 2.52. The second-order valence-corrected chi connectivity index (χ2v) is 8.60. The smallest absolute Gasteiger partial charge is 0.241 e. The van der Waals surface area contributed by atoms with Crippen molar-refractivity contribution < 1.29 is 15.0 Å². The largest absolute Gasteiger partial charge is 0.512 e. The third kappa shape index (κ3) is 4.82. The number of hydrogen-bond acceptors (Lipinski definition) is 5. The summed E-state index contributed by atoms with van der Waals surface area (Å²) >= 11 is 6.83. The molecule has 0 saturated carbocycles. The molecule has 2 atom stereocenters. The summed E-state index contributed by atoms with van der Waals surface area (Å²) in [6, 6.07) is 19.1. The molecule has 0 radical (unpaired) electrons. The molecule has 6 heteroatoms. The normalized spacial score (nSPS) is 22.9. The third-order valence-corrected chi connectivity index (χ3v) is 6.09. The Morgan fingerprint density at radius 2 is 1.64 bits per heavy atom. The number of hydrogen-bond donors (Lipinski definition) is 3. The number of rotatable bonds is 3. The van der Waals surface area contributed by atoms with Gasteiger partial charge in [-0.1, -0.05) is 72.5 Å². The number of benzene rings is 2. The maximum absolute atomic E-state index is 13.1. The van der Waals surface area contributed by atoms with E-state index in [1.165, 1.54) is 11.8 Å². The Kier molecular flexibility index (Phi) is 7.80. The van der Waals surface area contributed by atoms with Crippen LogP contribution in [0, 0.1) is 0 Å². The molecule has 1 fully saturated rings. The fraction of sp³-hybridized carbons (Fsp3) is 0.273. The second-order valence-electron chi connectivity index (χ2n) is 6.48. The summed E-state index contributed by atoms with van der Waals surface area (Å²) in [5.41, 5.74) is 2.37. The van der Waals surface area contributed by atoms with Crippen molar-refractivity contribution in [2.75, 3.05) is 11.9 Å². The van der Waals surface area contributed by atoms with Gasteiger partial charge >= 0.3 is 0 Å². The predicted octanol–water partition coefficient (Wildman–Crippen LogP) is 5.07. The minimum Gasteiger partial charge on any atom is -0.512 e. The molecule has 1 aliphatic heterocycles. The van der Waals surface area contributed by atoms with E-state index in [4.69, 9.17) is 17.3 Å². The van der Waals surface area contributed by atoms with Crippen molar-refractivity contribution in [2.45, 2.75) is 31.4 Å². The first-order valence-electron chi connectivity index (χ1n) is 9.00. The van der Waals surface area contributed by atoms with Crippen LogP contribution in [0.25, 0.3) is 0 Å². The number of allylic oxidation sites excluding steroid dienone is 1. The lowest BCUT2D eigenvalue weighted by Crippen LogP contribution is -2.40. The van der Waals surface area contributed by atoms with Gasteiger partial charge in [0.1, 0.15) is 4.75 Å². The molecule has 1 amide bonds. The number of aliphatic hydroxyl groups is 2. The Morgan fingerprint density at radius 1 is 1.14 bits per heavy atom. The van der Waals surface area contributed by atoms with Crippen molar-refractivity contribution in [1.29, 1.82) is 0 Å². The molecule has 0 spiro atoms. The Bertz CT molecular complexity index is 849. The zero-order chi connectivity index (χ0) is 20.7. The van der Waals surface area contributed by atoms with E-state index in [1.54, 1.807) is 13.8 Å². The van der Waals surface area contributed by atoms with E-state index in [0.29, 0.717) is 9.77 Å². The summed E-state index contributed by atoms with van der Waals surface area (Å²) in [5.74, 6) is -0.265. The van der Waals surface area contributed by atoms with E-state index < -0.39 is 4.75 Å². The molecule has 148 valence electrons. The lowest BCUT2D eigenvalue weighted by molar-refractivity contribution is -0.118. The Labute approximate surface area is 175 Å². The van der Waals surface area contributed by atoms with E-state index in [1.807, 2.05) is 67.6 Å². The van der Waals surface area contributed by atoms with E-state index in [-0.39, 0.29) is 24.2 Å². The van der Waals surface area contributed by atoms with Gasteiger partial charge in [-0.25, -0.2) is 0 Å². The van der Waals surface area contributed by atoms with Crippen LogP contribution in [0.3, 0.4) is 0 Å². The number of para-hydroxylation sites is 1. The highest BCUT2D eigenvalue weighted by atomic mass is 32.2. The van der Waals surface area contributed by atoms with Crippen LogP contribution < -0.4 is 5.32 Å². The van der Waals surface area contributed by atoms with Crippen molar-refractivity contribution in [3.63, 3.8) is 0 Å². The van der Waals surface area contributed by atoms with Crippen LogP contribution in [-0.4, -0.2) is 31.7 Å². The van der Waals surface area contributed by atoms with Gasteiger partial charge in [0.05, 0.1) is 9.96 Å². The number of thiocarbonyl (C=S) groups is 1. The summed E-state index contributed by atoms with van der Waals surface area (Å²) < 4.78 is -0.271. The van der Waals surface area contributed by atoms with Crippen molar-refractivity contribution >= 4 is 39.8 Å². The third-order valence-electron chi connectivity index (χ3n) is 4.37. The van der Waals surface area contributed by atoms with Crippen molar-refractivity contribution in [2.24, 2.45) is 0 Å². The first-order chi connectivity index (χ1) is 13.3. The molecule has 3 rings (SSSR count). The summed E-state index contributed by atoms with van der Waals surface area (Å²) in [7, 11) is 0. The maximum Gasteiger partial charge on any atom is 0.241 e.